The molecule has 6 heteroatoms. The van der Waals surface area contributed by atoms with Crippen LogP contribution in [0.15, 0.2) is 23.4 Å². The summed E-state index contributed by atoms with van der Waals surface area (Å²) in [6.45, 7) is 0. The van der Waals surface area contributed by atoms with E-state index in [4.69, 9.17) is 33.8 Å². The highest BCUT2D eigenvalue weighted by atomic mass is 35.5. The molecular formula is C8H6Cl2N2O2. The van der Waals surface area contributed by atoms with Crippen LogP contribution in [-0.4, -0.2) is 12.1 Å². The van der Waals surface area contributed by atoms with Crippen molar-refractivity contribution < 1.29 is 9.63 Å². The number of rotatable bonds is 3. The fraction of sp³-hybridized carbons (Fsp3) is 0. The van der Waals surface area contributed by atoms with Crippen LogP contribution < -0.4 is 10.6 Å². The molecule has 74 valence electrons. The molecule has 0 atom stereocenters. The lowest BCUT2D eigenvalue weighted by Crippen LogP contribution is -2.11. The minimum atomic E-state index is -0.705. The van der Waals surface area contributed by atoms with Crippen LogP contribution in [0.3, 0.4) is 0 Å². The van der Waals surface area contributed by atoms with Gasteiger partial charge in [-0.15, -0.1) is 0 Å². The lowest BCUT2D eigenvalue weighted by Gasteiger charge is -2.01. The SMILES string of the molecule is NC(=O)C=NOc1cccc(Cl)c1Cl. The first-order valence-corrected chi connectivity index (χ1v) is 4.30. The minimum absolute atomic E-state index is 0.232. The number of nitrogens with two attached hydrogens (primary N) is 1. The number of hydrogen-bond donors (Lipinski definition) is 1. The van der Waals surface area contributed by atoms with Gasteiger partial charge in [0.25, 0.3) is 5.91 Å². The number of halogens is 2. The Labute approximate surface area is 90.2 Å². The van der Waals surface area contributed by atoms with Gasteiger partial charge >= 0.3 is 0 Å². The van der Waals surface area contributed by atoms with Crippen molar-refractivity contribution in [2.75, 3.05) is 0 Å². The highest BCUT2D eigenvalue weighted by molar-refractivity contribution is 6.42. The van der Waals surface area contributed by atoms with Gasteiger partial charge in [-0.1, -0.05) is 34.4 Å². The van der Waals surface area contributed by atoms with Crippen LogP contribution in [0.2, 0.25) is 10.0 Å². The van der Waals surface area contributed by atoms with E-state index in [1.54, 1.807) is 18.2 Å². The molecule has 1 aromatic rings. The van der Waals surface area contributed by atoms with E-state index in [1.165, 1.54) is 0 Å². The molecule has 0 spiro atoms. The van der Waals surface area contributed by atoms with E-state index in [9.17, 15) is 4.79 Å². The Morgan fingerprint density at radius 2 is 2.21 bits per heavy atom. The first-order chi connectivity index (χ1) is 6.61. The Bertz CT molecular complexity index is 380. The molecule has 0 bridgehead atoms. The second-order valence-electron chi connectivity index (χ2n) is 2.28. The molecule has 14 heavy (non-hydrogen) atoms. The van der Waals surface area contributed by atoms with E-state index in [-0.39, 0.29) is 10.8 Å². The van der Waals surface area contributed by atoms with Crippen molar-refractivity contribution in [3.63, 3.8) is 0 Å². The first kappa shape index (κ1) is 10.8. The summed E-state index contributed by atoms with van der Waals surface area (Å²) in [7, 11) is 0. The van der Waals surface area contributed by atoms with Gasteiger partial charge in [0.15, 0.2) is 5.75 Å². The van der Waals surface area contributed by atoms with E-state index >= 15 is 0 Å². The van der Waals surface area contributed by atoms with Crippen LogP contribution in [0.1, 0.15) is 0 Å². The Morgan fingerprint density at radius 3 is 2.86 bits per heavy atom. The monoisotopic (exact) mass is 232 g/mol. The number of primary amides is 1. The lowest BCUT2D eigenvalue weighted by atomic mass is 10.3. The number of benzene rings is 1. The molecular weight excluding hydrogens is 227 g/mol. The van der Waals surface area contributed by atoms with E-state index in [2.05, 4.69) is 5.16 Å². The molecule has 1 amide bonds. The zero-order valence-electron chi connectivity index (χ0n) is 6.91. The van der Waals surface area contributed by atoms with E-state index < -0.39 is 5.91 Å². The molecule has 2 N–H and O–H groups in total. The van der Waals surface area contributed by atoms with Crippen molar-refractivity contribution in [3.8, 4) is 5.75 Å². The van der Waals surface area contributed by atoms with Crippen LogP contribution in [-0.2, 0) is 4.79 Å². The number of nitrogens with zero attached hydrogens (tertiary/aromatic N) is 1. The third-order valence-electron chi connectivity index (χ3n) is 1.25. The van der Waals surface area contributed by atoms with E-state index in [0.717, 1.165) is 6.21 Å². The summed E-state index contributed by atoms with van der Waals surface area (Å²) in [6.07, 6.45) is 0.831. The number of hydrogen-bond acceptors (Lipinski definition) is 3. The molecule has 1 rings (SSSR count). The molecule has 0 saturated heterocycles. The van der Waals surface area contributed by atoms with Gasteiger partial charge in [0.2, 0.25) is 0 Å². The Balaban J connectivity index is 2.77. The molecule has 4 nitrogen and oxygen atoms in total. The molecule has 0 aliphatic carbocycles. The summed E-state index contributed by atoms with van der Waals surface area (Å²) in [6, 6.07) is 4.81. The van der Waals surface area contributed by atoms with Gasteiger partial charge in [0.1, 0.15) is 11.2 Å². The number of amides is 1. The van der Waals surface area contributed by atoms with Gasteiger partial charge in [0, 0.05) is 0 Å². The average Bonchev–Trinajstić information content (AvgIpc) is 2.12. The molecule has 0 unspecified atom stereocenters. The van der Waals surface area contributed by atoms with Gasteiger partial charge < -0.3 is 10.6 Å². The normalized spacial score (nSPS) is 10.4. The molecule has 0 aromatic heterocycles. The van der Waals surface area contributed by atoms with Crippen molar-refractivity contribution >= 4 is 35.3 Å². The summed E-state index contributed by atoms with van der Waals surface area (Å²) < 4.78 is 0. The molecule has 0 heterocycles. The quantitative estimate of drug-likeness (QED) is 0.639. The topological polar surface area (TPSA) is 64.7 Å². The average molecular weight is 233 g/mol. The van der Waals surface area contributed by atoms with Crippen LogP contribution in [0.4, 0.5) is 0 Å². The fourth-order valence-electron chi connectivity index (χ4n) is 0.690. The highest BCUT2D eigenvalue weighted by Crippen LogP contribution is 2.31. The number of carbonyl (C=O) groups excluding carboxylic acids is 1. The predicted molar refractivity (Wildman–Crippen MR) is 54.8 cm³/mol. The molecule has 0 fully saturated rings. The second kappa shape index (κ2) is 4.83. The zero-order chi connectivity index (χ0) is 10.6. The standard InChI is InChI=1S/C8H6Cl2N2O2/c9-5-2-1-3-6(8(5)10)14-12-4-7(11)13/h1-4H,(H2,11,13). The second-order valence-corrected chi connectivity index (χ2v) is 3.07. The van der Waals surface area contributed by atoms with Crippen LogP contribution in [0, 0.1) is 0 Å². The van der Waals surface area contributed by atoms with Crippen LogP contribution >= 0.6 is 23.2 Å². The predicted octanol–water partition coefficient (Wildman–Crippen LogP) is 1.84. The third-order valence-corrected chi connectivity index (χ3v) is 2.05. The number of carbonyl (C=O) groups is 1. The lowest BCUT2D eigenvalue weighted by molar-refractivity contribution is -0.111. The zero-order valence-corrected chi connectivity index (χ0v) is 8.42. The van der Waals surface area contributed by atoms with Crippen molar-refractivity contribution in [2.45, 2.75) is 0 Å². The van der Waals surface area contributed by atoms with Gasteiger partial charge in [-0.3, -0.25) is 4.79 Å². The summed E-state index contributed by atoms with van der Waals surface area (Å²) in [5.41, 5.74) is 4.80. The maximum absolute atomic E-state index is 10.3. The summed E-state index contributed by atoms with van der Waals surface area (Å²) in [5.74, 6) is -0.445. The molecule has 1 aromatic carbocycles. The van der Waals surface area contributed by atoms with Gasteiger partial charge in [-0.05, 0) is 12.1 Å². The van der Waals surface area contributed by atoms with Crippen molar-refractivity contribution in [1.29, 1.82) is 0 Å². The van der Waals surface area contributed by atoms with Crippen LogP contribution in [0.25, 0.3) is 0 Å². The Kier molecular flexibility index (Phi) is 3.73. The van der Waals surface area contributed by atoms with Crippen LogP contribution in [0.5, 0.6) is 5.75 Å². The van der Waals surface area contributed by atoms with Gasteiger partial charge in [-0.25, -0.2) is 0 Å². The smallest absolute Gasteiger partial charge is 0.263 e. The van der Waals surface area contributed by atoms with Crippen molar-refractivity contribution in [1.82, 2.24) is 0 Å². The molecule has 0 radical (unpaired) electrons. The Morgan fingerprint density at radius 1 is 1.50 bits per heavy atom. The molecule has 0 aliphatic heterocycles. The first-order valence-electron chi connectivity index (χ1n) is 3.55. The molecule has 0 aliphatic rings. The third kappa shape index (κ3) is 2.90. The maximum atomic E-state index is 10.3. The highest BCUT2D eigenvalue weighted by Gasteiger charge is 2.04. The van der Waals surface area contributed by atoms with E-state index in [1.807, 2.05) is 0 Å². The minimum Gasteiger partial charge on any atom is -0.365 e. The van der Waals surface area contributed by atoms with Gasteiger partial charge in [-0.2, -0.15) is 0 Å². The van der Waals surface area contributed by atoms with Gasteiger partial charge in [0.05, 0.1) is 5.02 Å². The molecule has 0 saturated carbocycles. The Hall–Kier alpha value is -1.26. The number of oxime groups is 1. The van der Waals surface area contributed by atoms with Crippen molar-refractivity contribution in [3.05, 3.63) is 28.2 Å². The summed E-state index contributed by atoms with van der Waals surface area (Å²) in [4.78, 5) is 15.1. The fourth-order valence-corrected chi connectivity index (χ4v) is 1.02. The maximum Gasteiger partial charge on any atom is 0.263 e. The van der Waals surface area contributed by atoms with E-state index in [0.29, 0.717) is 5.02 Å². The van der Waals surface area contributed by atoms with Crippen molar-refractivity contribution in [2.24, 2.45) is 10.9 Å². The summed E-state index contributed by atoms with van der Waals surface area (Å²) >= 11 is 11.5. The largest absolute Gasteiger partial charge is 0.365 e. The summed E-state index contributed by atoms with van der Waals surface area (Å²) in [5, 5.41) is 3.88.